The minimum Gasteiger partial charge on any atom is -0.406 e. The summed E-state index contributed by atoms with van der Waals surface area (Å²) in [4.78, 5) is 13.0. The van der Waals surface area contributed by atoms with Gasteiger partial charge in [-0.3, -0.25) is 4.98 Å². The van der Waals surface area contributed by atoms with E-state index in [9.17, 15) is 13.2 Å². The Hall–Kier alpha value is -3.36. The Kier molecular flexibility index (Phi) is 7.28. The van der Waals surface area contributed by atoms with Gasteiger partial charge in [0.25, 0.3) is 0 Å². The van der Waals surface area contributed by atoms with Crippen LogP contribution in [0.3, 0.4) is 0 Å². The number of rotatable bonds is 9. The lowest BCUT2D eigenvalue weighted by Gasteiger charge is -2.15. The van der Waals surface area contributed by atoms with Gasteiger partial charge in [-0.25, -0.2) is 4.98 Å². The van der Waals surface area contributed by atoms with E-state index >= 15 is 0 Å². The fraction of sp³-hybridized carbons (Fsp3) is 0.318. The van der Waals surface area contributed by atoms with E-state index in [0.717, 1.165) is 18.4 Å². The Morgan fingerprint density at radius 3 is 2.55 bits per heavy atom. The van der Waals surface area contributed by atoms with Crippen molar-refractivity contribution >= 4 is 11.8 Å². The molecule has 0 unspecified atom stereocenters. The molecule has 3 aromatic rings. The molecule has 6 nitrogen and oxygen atoms in total. The summed E-state index contributed by atoms with van der Waals surface area (Å²) in [5, 5.41) is 6.49. The SMILES string of the molecule is CC[C@@H](C)Nc1nc(NCCc2ccncc2)cc(-c2cccc(OC(F)(F)F)c2)n1. The number of nitrogens with one attached hydrogen (secondary N) is 2. The Bertz CT molecular complexity index is 982. The number of nitrogens with zero attached hydrogens (tertiary/aromatic N) is 3. The molecule has 2 heterocycles. The lowest BCUT2D eigenvalue weighted by molar-refractivity contribution is -0.274. The number of halogens is 3. The average molecular weight is 431 g/mol. The van der Waals surface area contributed by atoms with E-state index < -0.39 is 6.36 Å². The van der Waals surface area contributed by atoms with Crippen LogP contribution in [-0.4, -0.2) is 33.9 Å². The van der Waals surface area contributed by atoms with Gasteiger partial charge in [0.2, 0.25) is 5.95 Å². The predicted octanol–water partition coefficient (Wildman–Crippen LogP) is 5.30. The van der Waals surface area contributed by atoms with Crippen LogP contribution < -0.4 is 15.4 Å². The van der Waals surface area contributed by atoms with Gasteiger partial charge in [-0.2, -0.15) is 4.98 Å². The van der Waals surface area contributed by atoms with Crippen LogP contribution in [0, 0.1) is 0 Å². The third kappa shape index (κ3) is 7.13. The summed E-state index contributed by atoms with van der Waals surface area (Å²) in [5.74, 6) is 0.680. The number of hydrogen-bond donors (Lipinski definition) is 2. The highest BCUT2D eigenvalue weighted by atomic mass is 19.4. The fourth-order valence-corrected chi connectivity index (χ4v) is 2.81. The molecule has 1 atom stereocenters. The normalized spacial score (nSPS) is 12.3. The molecular formula is C22H24F3N5O. The van der Waals surface area contributed by atoms with Crippen molar-refractivity contribution in [3.05, 3.63) is 60.4 Å². The molecule has 2 aromatic heterocycles. The maximum absolute atomic E-state index is 12.6. The molecule has 31 heavy (non-hydrogen) atoms. The van der Waals surface area contributed by atoms with Gasteiger partial charge in [0.1, 0.15) is 11.6 Å². The van der Waals surface area contributed by atoms with Crippen molar-refractivity contribution in [2.75, 3.05) is 17.2 Å². The van der Waals surface area contributed by atoms with Crippen LogP contribution in [0.25, 0.3) is 11.3 Å². The van der Waals surface area contributed by atoms with Crippen molar-refractivity contribution in [3.8, 4) is 17.0 Å². The Morgan fingerprint density at radius 1 is 1.06 bits per heavy atom. The van der Waals surface area contributed by atoms with Crippen molar-refractivity contribution in [1.29, 1.82) is 0 Å². The van der Waals surface area contributed by atoms with Gasteiger partial charge in [0.05, 0.1) is 5.69 Å². The van der Waals surface area contributed by atoms with Gasteiger partial charge in [-0.1, -0.05) is 19.1 Å². The third-order valence-electron chi connectivity index (χ3n) is 4.55. The fourth-order valence-electron chi connectivity index (χ4n) is 2.81. The van der Waals surface area contributed by atoms with E-state index in [-0.39, 0.29) is 11.8 Å². The first-order valence-corrected chi connectivity index (χ1v) is 9.97. The summed E-state index contributed by atoms with van der Waals surface area (Å²) in [5.41, 5.74) is 2.11. The Morgan fingerprint density at radius 2 is 1.84 bits per heavy atom. The van der Waals surface area contributed by atoms with E-state index in [0.29, 0.717) is 29.6 Å². The number of alkyl halides is 3. The molecule has 0 saturated carbocycles. The van der Waals surface area contributed by atoms with Gasteiger partial charge in [0, 0.05) is 36.6 Å². The molecule has 0 bridgehead atoms. The first kappa shape index (κ1) is 22.3. The number of pyridine rings is 1. The highest BCUT2D eigenvalue weighted by Crippen LogP contribution is 2.28. The molecule has 0 aliphatic heterocycles. The van der Waals surface area contributed by atoms with E-state index in [1.165, 1.54) is 18.2 Å². The van der Waals surface area contributed by atoms with Crippen molar-refractivity contribution in [2.24, 2.45) is 0 Å². The second-order valence-corrected chi connectivity index (χ2v) is 7.02. The van der Waals surface area contributed by atoms with E-state index in [2.05, 4.69) is 30.3 Å². The van der Waals surface area contributed by atoms with Gasteiger partial charge in [-0.15, -0.1) is 13.2 Å². The van der Waals surface area contributed by atoms with Crippen LogP contribution in [0.1, 0.15) is 25.8 Å². The highest BCUT2D eigenvalue weighted by molar-refractivity contribution is 5.66. The zero-order valence-electron chi connectivity index (χ0n) is 17.3. The molecular weight excluding hydrogens is 407 g/mol. The molecule has 0 aliphatic rings. The largest absolute Gasteiger partial charge is 0.573 e. The van der Waals surface area contributed by atoms with Crippen LogP contribution in [0.5, 0.6) is 5.75 Å². The van der Waals surface area contributed by atoms with Crippen molar-refractivity contribution in [2.45, 2.75) is 39.1 Å². The van der Waals surface area contributed by atoms with E-state index in [4.69, 9.17) is 0 Å². The molecule has 0 radical (unpaired) electrons. The van der Waals surface area contributed by atoms with Crippen LogP contribution in [-0.2, 0) is 6.42 Å². The van der Waals surface area contributed by atoms with E-state index in [1.807, 2.05) is 26.0 Å². The summed E-state index contributed by atoms with van der Waals surface area (Å²) in [7, 11) is 0. The Labute approximate surface area is 178 Å². The van der Waals surface area contributed by atoms with Gasteiger partial charge >= 0.3 is 6.36 Å². The maximum atomic E-state index is 12.6. The lowest BCUT2D eigenvalue weighted by atomic mass is 10.1. The maximum Gasteiger partial charge on any atom is 0.573 e. The van der Waals surface area contributed by atoms with Crippen LogP contribution >= 0.6 is 0 Å². The molecule has 0 aliphatic carbocycles. The first-order chi connectivity index (χ1) is 14.8. The molecule has 0 spiro atoms. The van der Waals surface area contributed by atoms with Crippen LogP contribution in [0.15, 0.2) is 54.9 Å². The van der Waals surface area contributed by atoms with Crippen molar-refractivity contribution in [1.82, 2.24) is 15.0 Å². The number of benzene rings is 1. The standard InChI is InChI=1S/C22H24F3N5O/c1-3-15(2)28-21-29-19(17-5-4-6-18(13-17)31-22(23,24)25)14-20(30-21)27-12-9-16-7-10-26-11-8-16/h4-8,10-11,13-15H,3,9,12H2,1-2H3,(H2,27,28,29,30)/t15-/m1/s1. The third-order valence-corrected chi connectivity index (χ3v) is 4.55. The minimum atomic E-state index is -4.76. The summed E-state index contributed by atoms with van der Waals surface area (Å²) < 4.78 is 41.8. The molecule has 1 aromatic carbocycles. The molecule has 0 fully saturated rings. The summed E-state index contributed by atoms with van der Waals surface area (Å²) in [6.07, 6.45) is 0.357. The van der Waals surface area contributed by atoms with Gasteiger partial charge in [-0.05, 0) is 49.6 Å². The molecule has 3 rings (SSSR count). The first-order valence-electron chi connectivity index (χ1n) is 9.97. The smallest absolute Gasteiger partial charge is 0.406 e. The zero-order valence-corrected chi connectivity index (χ0v) is 17.3. The quantitative estimate of drug-likeness (QED) is 0.479. The second-order valence-electron chi connectivity index (χ2n) is 7.02. The number of anilines is 2. The Balaban J connectivity index is 1.84. The monoisotopic (exact) mass is 431 g/mol. The van der Waals surface area contributed by atoms with E-state index in [1.54, 1.807) is 24.5 Å². The highest BCUT2D eigenvalue weighted by Gasteiger charge is 2.31. The topological polar surface area (TPSA) is 72.0 Å². The minimum absolute atomic E-state index is 0.139. The van der Waals surface area contributed by atoms with Crippen LogP contribution in [0.4, 0.5) is 24.9 Å². The molecule has 0 amide bonds. The zero-order chi connectivity index (χ0) is 22.3. The number of ether oxygens (including phenoxy) is 1. The average Bonchev–Trinajstić information content (AvgIpc) is 2.73. The number of aromatic nitrogens is 3. The lowest BCUT2D eigenvalue weighted by Crippen LogP contribution is -2.17. The van der Waals surface area contributed by atoms with Gasteiger partial charge in [0.15, 0.2) is 0 Å². The summed E-state index contributed by atoms with van der Waals surface area (Å²) in [6.45, 7) is 4.66. The summed E-state index contributed by atoms with van der Waals surface area (Å²) >= 11 is 0. The second kappa shape index (κ2) is 10.1. The molecule has 164 valence electrons. The van der Waals surface area contributed by atoms with Gasteiger partial charge < -0.3 is 15.4 Å². The van der Waals surface area contributed by atoms with Crippen molar-refractivity contribution in [3.63, 3.8) is 0 Å². The number of hydrogen-bond acceptors (Lipinski definition) is 6. The molecule has 9 heteroatoms. The van der Waals surface area contributed by atoms with Crippen molar-refractivity contribution < 1.29 is 17.9 Å². The van der Waals surface area contributed by atoms with Crippen LogP contribution in [0.2, 0.25) is 0 Å². The predicted molar refractivity (Wildman–Crippen MR) is 114 cm³/mol. The summed E-state index contributed by atoms with van der Waals surface area (Å²) in [6, 6.07) is 11.5. The molecule has 2 N–H and O–H groups in total. The molecule has 0 saturated heterocycles.